The first kappa shape index (κ1) is 21.3. The molecule has 0 aliphatic carbocycles. The molecule has 1 aromatic carbocycles. The molecule has 0 saturated heterocycles. The Morgan fingerprint density at radius 2 is 2.07 bits per heavy atom. The molecule has 1 N–H and O–H groups in total. The number of benzene rings is 1. The molecule has 2 aromatic heterocycles. The van der Waals surface area contributed by atoms with E-state index in [1.165, 1.54) is 0 Å². The number of amides is 1. The van der Waals surface area contributed by atoms with Gasteiger partial charge in [0.25, 0.3) is 5.91 Å². The summed E-state index contributed by atoms with van der Waals surface area (Å²) < 4.78 is 12.2. The van der Waals surface area contributed by atoms with E-state index in [1.807, 2.05) is 43.5 Å². The molecule has 30 heavy (non-hydrogen) atoms. The number of unbranched alkanes of at least 4 members (excludes halogenated alkanes) is 1. The first-order chi connectivity index (χ1) is 14.5. The van der Waals surface area contributed by atoms with E-state index in [2.05, 4.69) is 15.6 Å². The highest BCUT2D eigenvalue weighted by molar-refractivity contribution is 5.94. The summed E-state index contributed by atoms with van der Waals surface area (Å²) in [4.78, 5) is 24.9. The molecule has 3 aromatic rings. The maximum Gasteiger partial charge on any atom is 0.306 e. The Balaban J connectivity index is 1.53. The van der Waals surface area contributed by atoms with Crippen molar-refractivity contribution in [3.8, 4) is 5.69 Å². The molecule has 8 nitrogen and oxygen atoms in total. The summed E-state index contributed by atoms with van der Waals surface area (Å²) in [6.45, 7) is 3.75. The van der Waals surface area contributed by atoms with Gasteiger partial charge in [0.2, 0.25) is 0 Å². The van der Waals surface area contributed by atoms with Crippen molar-refractivity contribution in [2.45, 2.75) is 52.1 Å². The van der Waals surface area contributed by atoms with Crippen LogP contribution in [-0.2, 0) is 20.7 Å². The minimum Gasteiger partial charge on any atom is -0.452 e. The zero-order valence-electron chi connectivity index (χ0n) is 17.2. The van der Waals surface area contributed by atoms with E-state index in [0.717, 1.165) is 24.1 Å². The van der Waals surface area contributed by atoms with Crippen LogP contribution in [-0.4, -0.2) is 32.9 Å². The largest absolute Gasteiger partial charge is 0.452 e. The van der Waals surface area contributed by atoms with E-state index in [1.54, 1.807) is 23.9 Å². The van der Waals surface area contributed by atoms with Crippen LogP contribution in [0.5, 0.6) is 0 Å². The molecule has 1 atom stereocenters. The number of ether oxygens (including phenoxy) is 1. The van der Waals surface area contributed by atoms with Crippen molar-refractivity contribution >= 4 is 17.7 Å². The normalized spacial score (nSPS) is 11.8. The number of anilines is 1. The number of aryl methyl sites for hydroxylation is 2. The summed E-state index contributed by atoms with van der Waals surface area (Å²) in [7, 11) is 0. The van der Waals surface area contributed by atoms with Gasteiger partial charge in [-0.15, -0.1) is 0 Å². The van der Waals surface area contributed by atoms with E-state index >= 15 is 0 Å². The van der Waals surface area contributed by atoms with E-state index in [9.17, 15) is 9.59 Å². The lowest BCUT2D eigenvalue weighted by Gasteiger charge is -2.16. The zero-order chi connectivity index (χ0) is 21.3. The average molecular weight is 410 g/mol. The molecule has 0 spiro atoms. The van der Waals surface area contributed by atoms with Gasteiger partial charge in [0.15, 0.2) is 11.9 Å². The molecular formula is C22H26N4O4. The highest BCUT2D eigenvalue weighted by Gasteiger charge is 2.23. The topological polar surface area (TPSA) is 99.2 Å². The molecule has 0 fully saturated rings. The van der Waals surface area contributed by atoms with Crippen molar-refractivity contribution in [1.29, 1.82) is 0 Å². The fourth-order valence-electron chi connectivity index (χ4n) is 2.94. The fraction of sp³-hybridized carbons (Fsp3) is 0.364. The predicted octanol–water partition coefficient (Wildman–Crippen LogP) is 3.84. The van der Waals surface area contributed by atoms with Gasteiger partial charge < -0.3 is 14.6 Å². The number of carbonyl (C=O) groups excluding carboxylic acids is 2. The van der Waals surface area contributed by atoms with Gasteiger partial charge in [-0.3, -0.25) is 9.59 Å². The third-order valence-electron chi connectivity index (χ3n) is 4.54. The van der Waals surface area contributed by atoms with Crippen molar-refractivity contribution in [3.63, 3.8) is 0 Å². The zero-order valence-corrected chi connectivity index (χ0v) is 17.2. The third kappa shape index (κ3) is 6.04. The van der Waals surface area contributed by atoms with Crippen LogP contribution in [0, 0.1) is 6.92 Å². The van der Waals surface area contributed by atoms with Crippen LogP contribution in [0.1, 0.15) is 43.9 Å². The Morgan fingerprint density at radius 3 is 2.77 bits per heavy atom. The predicted molar refractivity (Wildman–Crippen MR) is 111 cm³/mol. The molecule has 0 saturated carbocycles. The Hall–Kier alpha value is -3.42. The van der Waals surface area contributed by atoms with Crippen LogP contribution in [0.4, 0.5) is 5.82 Å². The number of rotatable bonds is 10. The van der Waals surface area contributed by atoms with Gasteiger partial charge in [-0.1, -0.05) is 36.7 Å². The van der Waals surface area contributed by atoms with Crippen LogP contribution >= 0.6 is 0 Å². The maximum atomic E-state index is 12.5. The summed E-state index contributed by atoms with van der Waals surface area (Å²) in [6, 6.07) is 11.3. The number of carbonyl (C=O) groups is 2. The standard InChI is InChI=1S/C22H26N4O4/c1-3-4-10-19(22(28)24-20-13-16(2)30-25-20)29-21(27)12-11-17-14-23-26(15-17)18-8-6-5-7-9-18/h5-9,13-15,19H,3-4,10-12H2,1-2H3,(H,24,25,28). The summed E-state index contributed by atoms with van der Waals surface area (Å²) in [5.41, 5.74) is 1.87. The quantitative estimate of drug-likeness (QED) is 0.510. The number of nitrogens with zero attached hydrogens (tertiary/aromatic N) is 3. The monoisotopic (exact) mass is 410 g/mol. The number of aromatic nitrogens is 3. The van der Waals surface area contributed by atoms with Gasteiger partial charge in [0.1, 0.15) is 5.76 Å². The Bertz CT molecular complexity index is 964. The molecule has 0 radical (unpaired) electrons. The van der Waals surface area contributed by atoms with Gasteiger partial charge in [-0.2, -0.15) is 5.10 Å². The van der Waals surface area contributed by atoms with Gasteiger partial charge in [0, 0.05) is 18.7 Å². The molecule has 0 bridgehead atoms. The Morgan fingerprint density at radius 1 is 1.27 bits per heavy atom. The highest BCUT2D eigenvalue weighted by atomic mass is 16.5. The van der Waals surface area contributed by atoms with Gasteiger partial charge in [0.05, 0.1) is 11.9 Å². The number of para-hydroxylation sites is 1. The van der Waals surface area contributed by atoms with Crippen molar-refractivity contribution in [3.05, 3.63) is 60.1 Å². The minimum atomic E-state index is -0.860. The smallest absolute Gasteiger partial charge is 0.306 e. The van der Waals surface area contributed by atoms with Gasteiger partial charge in [-0.05, 0) is 43.9 Å². The summed E-state index contributed by atoms with van der Waals surface area (Å²) >= 11 is 0. The molecule has 3 rings (SSSR count). The molecule has 0 aliphatic heterocycles. The lowest BCUT2D eigenvalue weighted by Crippen LogP contribution is -2.32. The second-order valence-corrected chi connectivity index (χ2v) is 7.06. The maximum absolute atomic E-state index is 12.5. The van der Waals surface area contributed by atoms with Gasteiger partial charge in [-0.25, -0.2) is 4.68 Å². The van der Waals surface area contributed by atoms with Crippen molar-refractivity contribution in [2.75, 3.05) is 5.32 Å². The molecular weight excluding hydrogens is 384 g/mol. The van der Waals surface area contributed by atoms with E-state index in [0.29, 0.717) is 24.4 Å². The van der Waals surface area contributed by atoms with Crippen LogP contribution in [0.15, 0.2) is 53.3 Å². The molecule has 158 valence electrons. The number of hydrogen-bond acceptors (Lipinski definition) is 6. The van der Waals surface area contributed by atoms with Crippen molar-refractivity contribution < 1.29 is 18.8 Å². The molecule has 2 heterocycles. The SMILES string of the molecule is CCCCC(OC(=O)CCc1cnn(-c2ccccc2)c1)C(=O)Nc1cc(C)on1. The minimum absolute atomic E-state index is 0.166. The van der Waals surface area contributed by atoms with Crippen LogP contribution < -0.4 is 5.32 Å². The lowest BCUT2D eigenvalue weighted by atomic mass is 10.1. The summed E-state index contributed by atoms with van der Waals surface area (Å²) in [6.07, 6.45) is 5.52. The van der Waals surface area contributed by atoms with E-state index < -0.39 is 18.0 Å². The lowest BCUT2D eigenvalue weighted by molar-refractivity contribution is -0.154. The average Bonchev–Trinajstić information content (AvgIpc) is 3.39. The summed E-state index contributed by atoms with van der Waals surface area (Å²) in [5.74, 6) is 0.0730. The van der Waals surface area contributed by atoms with Gasteiger partial charge >= 0.3 is 5.97 Å². The highest BCUT2D eigenvalue weighted by Crippen LogP contribution is 2.14. The second-order valence-electron chi connectivity index (χ2n) is 7.06. The van der Waals surface area contributed by atoms with Crippen molar-refractivity contribution in [1.82, 2.24) is 14.9 Å². The van der Waals surface area contributed by atoms with Crippen LogP contribution in [0.25, 0.3) is 5.69 Å². The third-order valence-corrected chi connectivity index (χ3v) is 4.54. The fourth-order valence-corrected chi connectivity index (χ4v) is 2.94. The number of nitrogens with one attached hydrogen (secondary N) is 1. The molecule has 1 amide bonds. The van der Waals surface area contributed by atoms with Crippen LogP contribution in [0.3, 0.4) is 0 Å². The van der Waals surface area contributed by atoms with Crippen molar-refractivity contribution in [2.24, 2.45) is 0 Å². The Labute approximate surface area is 175 Å². The van der Waals surface area contributed by atoms with Crippen LogP contribution in [0.2, 0.25) is 0 Å². The molecule has 0 aliphatic rings. The summed E-state index contributed by atoms with van der Waals surface area (Å²) in [5, 5.41) is 10.7. The first-order valence-corrected chi connectivity index (χ1v) is 10.1. The first-order valence-electron chi connectivity index (χ1n) is 10.1. The van der Waals surface area contributed by atoms with E-state index in [4.69, 9.17) is 9.26 Å². The molecule has 1 unspecified atom stereocenters. The molecule has 8 heteroatoms. The number of hydrogen-bond donors (Lipinski definition) is 1. The number of esters is 1. The van der Waals surface area contributed by atoms with E-state index in [-0.39, 0.29) is 6.42 Å². The second kappa shape index (κ2) is 10.4. The Kier molecular flexibility index (Phi) is 7.37.